The average Bonchev–Trinajstić information content (AvgIpc) is 2.89. The molecule has 2 aliphatic rings. The van der Waals surface area contributed by atoms with Crippen LogP contribution in [0.4, 0.5) is 5.69 Å². The van der Waals surface area contributed by atoms with Crippen LogP contribution in [0, 0.1) is 17.8 Å². The van der Waals surface area contributed by atoms with Crippen LogP contribution in [0.25, 0.3) is 0 Å². The lowest BCUT2D eigenvalue weighted by Gasteiger charge is -2.22. The van der Waals surface area contributed by atoms with Gasteiger partial charge in [0, 0.05) is 12.4 Å². The van der Waals surface area contributed by atoms with Crippen LogP contribution in [-0.4, -0.2) is 16.8 Å². The van der Waals surface area contributed by atoms with Crippen LogP contribution < -0.4 is 4.90 Å². The van der Waals surface area contributed by atoms with E-state index in [1.807, 2.05) is 55.5 Å². The first-order chi connectivity index (χ1) is 12.1. The second kappa shape index (κ2) is 6.28. The SMILES string of the molecule is C[C@@H]1C=CC[C@H]2C(=O)N(c3ccc(Cc4ccncc4)cc3)C(=O)[C@@H]12. The van der Waals surface area contributed by atoms with Crippen molar-refractivity contribution in [3.8, 4) is 0 Å². The Hall–Kier alpha value is -2.75. The smallest absolute Gasteiger partial charge is 0.238 e. The molecule has 126 valence electrons. The third kappa shape index (κ3) is 2.78. The molecule has 4 rings (SSSR count). The van der Waals surface area contributed by atoms with Crippen molar-refractivity contribution in [3.63, 3.8) is 0 Å². The molecule has 0 spiro atoms. The number of imide groups is 1. The zero-order chi connectivity index (χ0) is 17.4. The highest BCUT2D eigenvalue weighted by atomic mass is 16.2. The molecule has 1 saturated heterocycles. The number of amides is 2. The minimum atomic E-state index is -0.214. The fraction of sp³-hybridized carbons (Fsp3) is 0.286. The third-order valence-electron chi connectivity index (χ3n) is 5.22. The van der Waals surface area contributed by atoms with Crippen LogP contribution in [-0.2, 0) is 16.0 Å². The molecule has 2 amide bonds. The Morgan fingerprint density at radius 3 is 2.36 bits per heavy atom. The second-order valence-corrected chi connectivity index (χ2v) is 6.87. The zero-order valence-corrected chi connectivity index (χ0v) is 14.1. The van der Waals surface area contributed by atoms with Gasteiger partial charge in [-0.1, -0.05) is 31.2 Å². The van der Waals surface area contributed by atoms with Crippen LogP contribution >= 0.6 is 0 Å². The van der Waals surface area contributed by atoms with Crippen molar-refractivity contribution in [1.29, 1.82) is 0 Å². The first kappa shape index (κ1) is 15.8. The van der Waals surface area contributed by atoms with Crippen LogP contribution in [0.5, 0.6) is 0 Å². The lowest BCUT2D eigenvalue weighted by atomic mass is 9.78. The summed E-state index contributed by atoms with van der Waals surface area (Å²) in [4.78, 5) is 30.9. The van der Waals surface area contributed by atoms with Crippen molar-refractivity contribution in [2.24, 2.45) is 17.8 Å². The fourth-order valence-electron chi connectivity index (χ4n) is 3.90. The summed E-state index contributed by atoms with van der Waals surface area (Å²) in [6.45, 7) is 2.01. The number of pyridine rings is 1. The lowest BCUT2D eigenvalue weighted by molar-refractivity contribution is -0.122. The molecule has 0 saturated carbocycles. The summed E-state index contributed by atoms with van der Waals surface area (Å²) >= 11 is 0. The normalized spacial score (nSPS) is 25.3. The number of carbonyl (C=O) groups is 2. The number of allylic oxidation sites excluding steroid dienone is 2. The van der Waals surface area contributed by atoms with Crippen molar-refractivity contribution in [3.05, 3.63) is 72.1 Å². The van der Waals surface area contributed by atoms with E-state index in [1.54, 1.807) is 12.4 Å². The van der Waals surface area contributed by atoms with E-state index in [9.17, 15) is 9.59 Å². The number of carbonyl (C=O) groups excluding carboxylic acids is 2. The molecular weight excluding hydrogens is 312 g/mol. The van der Waals surface area contributed by atoms with Crippen molar-refractivity contribution in [2.45, 2.75) is 19.8 Å². The van der Waals surface area contributed by atoms with Gasteiger partial charge in [0.05, 0.1) is 17.5 Å². The van der Waals surface area contributed by atoms with E-state index >= 15 is 0 Å². The van der Waals surface area contributed by atoms with Crippen LogP contribution in [0.2, 0.25) is 0 Å². The number of aromatic nitrogens is 1. The molecule has 0 radical (unpaired) electrons. The fourth-order valence-corrected chi connectivity index (χ4v) is 3.90. The Balaban J connectivity index is 1.56. The van der Waals surface area contributed by atoms with Crippen LogP contribution in [0.15, 0.2) is 60.9 Å². The predicted molar refractivity (Wildman–Crippen MR) is 95.9 cm³/mol. The van der Waals surface area contributed by atoms with Crippen molar-refractivity contribution < 1.29 is 9.59 Å². The molecular formula is C21H20N2O2. The van der Waals surface area contributed by atoms with Gasteiger partial charge < -0.3 is 0 Å². The number of benzene rings is 1. The van der Waals surface area contributed by atoms with E-state index in [4.69, 9.17) is 0 Å². The van der Waals surface area contributed by atoms with E-state index in [0.717, 1.165) is 12.0 Å². The van der Waals surface area contributed by atoms with E-state index in [0.29, 0.717) is 12.1 Å². The number of nitrogens with zero attached hydrogens (tertiary/aromatic N) is 2. The largest absolute Gasteiger partial charge is 0.274 e. The minimum Gasteiger partial charge on any atom is -0.274 e. The summed E-state index contributed by atoms with van der Waals surface area (Å²) < 4.78 is 0. The molecule has 1 aliphatic heterocycles. The molecule has 1 fully saturated rings. The molecule has 4 heteroatoms. The molecule has 0 bridgehead atoms. The van der Waals surface area contributed by atoms with Crippen LogP contribution in [0.1, 0.15) is 24.5 Å². The van der Waals surface area contributed by atoms with Crippen molar-refractivity contribution in [2.75, 3.05) is 4.90 Å². The Morgan fingerprint density at radius 2 is 1.68 bits per heavy atom. The van der Waals surface area contributed by atoms with Gasteiger partial charge in [-0.2, -0.15) is 0 Å². The molecule has 1 aromatic carbocycles. The van der Waals surface area contributed by atoms with E-state index in [1.165, 1.54) is 10.5 Å². The number of rotatable bonds is 3. The number of fused-ring (bicyclic) bond motifs is 1. The van der Waals surface area contributed by atoms with Gasteiger partial charge in [-0.15, -0.1) is 0 Å². The van der Waals surface area contributed by atoms with E-state index < -0.39 is 0 Å². The Kier molecular flexibility index (Phi) is 3.96. The Labute approximate surface area is 147 Å². The van der Waals surface area contributed by atoms with Gasteiger partial charge in [0.1, 0.15) is 0 Å². The maximum atomic E-state index is 12.8. The van der Waals surface area contributed by atoms with Gasteiger partial charge in [0.15, 0.2) is 0 Å². The zero-order valence-electron chi connectivity index (χ0n) is 14.1. The number of anilines is 1. The second-order valence-electron chi connectivity index (χ2n) is 6.87. The average molecular weight is 332 g/mol. The highest BCUT2D eigenvalue weighted by molar-refractivity contribution is 6.22. The van der Waals surface area contributed by atoms with Gasteiger partial charge in [-0.3, -0.25) is 19.5 Å². The molecule has 2 heterocycles. The van der Waals surface area contributed by atoms with Gasteiger partial charge in [0.25, 0.3) is 0 Å². The van der Waals surface area contributed by atoms with E-state index in [2.05, 4.69) is 4.98 Å². The highest BCUT2D eigenvalue weighted by Crippen LogP contribution is 2.40. The lowest BCUT2D eigenvalue weighted by Crippen LogP contribution is -2.31. The van der Waals surface area contributed by atoms with Crippen molar-refractivity contribution >= 4 is 17.5 Å². The molecule has 2 aromatic rings. The number of hydrogen-bond acceptors (Lipinski definition) is 3. The first-order valence-corrected chi connectivity index (χ1v) is 8.67. The van der Waals surface area contributed by atoms with Gasteiger partial charge >= 0.3 is 0 Å². The summed E-state index contributed by atoms with van der Waals surface area (Å²) in [7, 11) is 0. The summed E-state index contributed by atoms with van der Waals surface area (Å²) in [5.74, 6) is -0.425. The Bertz CT molecular complexity index is 827. The quantitative estimate of drug-likeness (QED) is 0.639. The monoisotopic (exact) mass is 332 g/mol. The third-order valence-corrected chi connectivity index (χ3v) is 5.22. The summed E-state index contributed by atoms with van der Waals surface area (Å²) in [6, 6.07) is 11.7. The highest BCUT2D eigenvalue weighted by Gasteiger charge is 2.50. The maximum absolute atomic E-state index is 12.8. The molecule has 0 unspecified atom stereocenters. The van der Waals surface area contributed by atoms with Gasteiger partial charge in [-0.05, 0) is 54.2 Å². The maximum Gasteiger partial charge on any atom is 0.238 e. The standard InChI is InChI=1S/C21H20N2O2/c1-14-3-2-4-18-19(14)21(25)23(20(18)24)17-7-5-15(6-8-17)13-16-9-11-22-12-10-16/h2-3,5-12,14,18-19H,4,13H2,1H3/t14-,18-,19+/m1/s1. The summed E-state index contributed by atoms with van der Waals surface area (Å²) in [5.41, 5.74) is 3.00. The van der Waals surface area contributed by atoms with Crippen molar-refractivity contribution in [1.82, 2.24) is 4.98 Å². The van der Waals surface area contributed by atoms with Gasteiger partial charge in [0.2, 0.25) is 11.8 Å². The molecule has 0 N–H and O–H groups in total. The Morgan fingerprint density at radius 1 is 1.00 bits per heavy atom. The number of hydrogen-bond donors (Lipinski definition) is 0. The summed E-state index contributed by atoms with van der Waals surface area (Å²) in [6.07, 6.45) is 9.10. The molecule has 1 aromatic heterocycles. The topological polar surface area (TPSA) is 50.3 Å². The molecule has 25 heavy (non-hydrogen) atoms. The molecule has 3 atom stereocenters. The first-order valence-electron chi connectivity index (χ1n) is 8.67. The van der Waals surface area contributed by atoms with Gasteiger partial charge in [-0.25, -0.2) is 0 Å². The summed E-state index contributed by atoms with van der Waals surface area (Å²) in [5, 5.41) is 0. The predicted octanol–water partition coefficient (Wildman–Crippen LogP) is 3.37. The molecule has 1 aliphatic carbocycles. The van der Waals surface area contributed by atoms with E-state index in [-0.39, 0.29) is 29.6 Å². The van der Waals surface area contributed by atoms with Crippen LogP contribution in [0.3, 0.4) is 0 Å². The minimum absolute atomic E-state index is 0.0614. The molecule has 4 nitrogen and oxygen atoms in total.